The van der Waals surface area contributed by atoms with Gasteiger partial charge >= 0.3 is 0 Å². The van der Waals surface area contributed by atoms with Crippen molar-refractivity contribution in [2.24, 2.45) is 0 Å². The Morgan fingerprint density at radius 2 is 1.82 bits per heavy atom. The molecule has 1 atom stereocenters. The summed E-state index contributed by atoms with van der Waals surface area (Å²) in [5, 5.41) is 10.5. The Kier molecular flexibility index (Phi) is 6.54. The number of hydrogen-bond acceptors (Lipinski definition) is 6. The molecule has 0 aliphatic rings. The topological polar surface area (TPSA) is 85.1 Å². The SMILES string of the molecule is CC(=O)[C@H](Cc1ccccc1)NC(=O)CSc1nnc(-c2ccccc2F)o1. The first-order chi connectivity index (χ1) is 13.5. The summed E-state index contributed by atoms with van der Waals surface area (Å²) in [5.41, 5.74) is 1.16. The van der Waals surface area contributed by atoms with Gasteiger partial charge in [-0.2, -0.15) is 0 Å². The van der Waals surface area contributed by atoms with Gasteiger partial charge in [0.2, 0.25) is 5.91 Å². The molecule has 1 heterocycles. The molecule has 0 fully saturated rings. The zero-order valence-electron chi connectivity index (χ0n) is 15.1. The van der Waals surface area contributed by atoms with E-state index in [0.29, 0.717) is 6.42 Å². The maximum Gasteiger partial charge on any atom is 0.277 e. The van der Waals surface area contributed by atoms with Crippen LogP contribution in [0.25, 0.3) is 11.5 Å². The summed E-state index contributed by atoms with van der Waals surface area (Å²) in [6.07, 6.45) is 0.421. The van der Waals surface area contributed by atoms with E-state index in [1.807, 2.05) is 30.3 Å². The second kappa shape index (κ2) is 9.27. The molecule has 0 unspecified atom stereocenters. The lowest BCUT2D eigenvalue weighted by Gasteiger charge is -2.15. The van der Waals surface area contributed by atoms with E-state index in [2.05, 4.69) is 15.5 Å². The maximum absolute atomic E-state index is 13.8. The van der Waals surface area contributed by atoms with E-state index in [0.717, 1.165) is 17.3 Å². The summed E-state index contributed by atoms with van der Waals surface area (Å²) >= 11 is 1.02. The normalized spacial score (nSPS) is 11.8. The van der Waals surface area contributed by atoms with Crippen molar-refractivity contribution in [3.8, 4) is 11.5 Å². The van der Waals surface area contributed by atoms with Crippen molar-refractivity contribution in [2.75, 3.05) is 5.75 Å². The Morgan fingerprint density at radius 1 is 1.11 bits per heavy atom. The van der Waals surface area contributed by atoms with E-state index in [4.69, 9.17) is 4.42 Å². The van der Waals surface area contributed by atoms with E-state index >= 15 is 0 Å². The second-order valence-electron chi connectivity index (χ2n) is 6.06. The largest absolute Gasteiger partial charge is 0.411 e. The summed E-state index contributed by atoms with van der Waals surface area (Å²) in [7, 11) is 0. The van der Waals surface area contributed by atoms with Crippen LogP contribution < -0.4 is 5.32 Å². The molecule has 1 amide bonds. The van der Waals surface area contributed by atoms with Crippen molar-refractivity contribution >= 4 is 23.5 Å². The van der Waals surface area contributed by atoms with E-state index in [1.165, 1.54) is 19.1 Å². The predicted octanol–water partition coefficient (Wildman–Crippen LogP) is 3.28. The van der Waals surface area contributed by atoms with Crippen LogP contribution in [-0.4, -0.2) is 33.7 Å². The molecule has 3 aromatic rings. The first-order valence-corrected chi connectivity index (χ1v) is 9.56. The zero-order chi connectivity index (χ0) is 19.9. The number of ketones is 1. The number of benzene rings is 2. The fourth-order valence-corrected chi connectivity index (χ4v) is 3.10. The van der Waals surface area contributed by atoms with E-state index < -0.39 is 11.9 Å². The van der Waals surface area contributed by atoms with Gasteiger partial charge in [-0.3, -0.25) is 9.59 Å². The number of nitrogens with one attached hydrogen (secondary N) is 1. The molecule has 0 radical (unpaired) electrons. The van der Waals surface area contributed by atoms with Gasteiger partial charge in [-0.25, -0.2) is 4.39 Å². The van der Waals surface area contributed by atoms with Gasteiger partial charge < -0.3 is 9.73 Å². The molecule has 0 spiro atoms. The highest BCUT2D eigenvalue weighted by Crippen LogP contribution is 2.24. The predicted molar refractivity (Wildman–Crippen MR) is 103 cm³/mol. The van der Waals surface area contributed by atoms with Crippen LogP contribution in [0.5, 0.6) is 0 Å². The van der Waals surface area contributed by atoms with Crippen LogP contribution in [0.3, 0.4) is 0 Å². The first kappa shape index (κ1) is 19.8. The molecule has 8 heteroatoms. The number of thioether (sulfide) groups is 1. The van der Waals surface area contributed by atoms with Crippen LogP contribution >= 0.6 is 11.8 Å². The van der Waals surface area contributed by atoms with E-state index in [1.54, 1.807) is 12.1 Å². The average Bonchev–Trinajstić information content (AvgIpc) is 3.16. The molecule has 1 N–H and O–H groups in total. The molecular weight excluding hydrogens is 381 g/mol. The first-order valence-electron chi connectivity index (χ1n) is 8.58. The van der Waals surface area contributed by atoms with Crippen molar-refractivity contribution in [3.63, 3.8) is 0 Å². The molecular formula is C20H18FN3O3S. The summed E-state index contributed by atoms with van der Waals surface area (Å²) < 4.78 is 19.2. The Hall–Kier alpha value is -3.00. The summed E-state index contributed by atoms with van der Waals surface area (Å²) in [5.74, 6) is -0.872. The number of halogens is 1. The molecule has 0 aliphatic heterocycles. The molecule has 28 heavy (non-hydrogen) atoms. The van der Waals surface area contributed by atoms with Gasteiger partial charge in [0, 0.05) is 0 Å². The van der Waals surface area contributed by atoms with Gasteiger partial charge in [-0.1, -0.05) is 54.2 Å². The average molecular weight is 399 g/mol. The minimum Gasteiger partial charge on any atom is -0.411 e. The number of Topliss-reactive ketones (excluding diaryl/α,β-unsaturated/α-hetero) is 1. The molecule has 0 saturated heterocycles. The van der Waals surface area contributed by atoms with Gasteiger partial charge in [0.05, 0.1) is 17.4 Å². The van der Waals surface area contributed by atoms with Crippen molar-refractivity contribution in [1.29, 1.82) is 0 Å². The Labute approximate surface area is 165 Å². The highest BCUT2D eigenvalue weighted by atomic mass is 32.2. The number of amides is 1. The number of carbonyl (C=O) groups excluding carboxylic acids is 2. The highest BCUT2D eigenvalue weighted by molar-refractivity contribution is 7.99. The summed E-state index contributed by atoms with van der Waals surface area (Å²) in [6.45, 7) is 1.44. The van der Waals surface area contributed by atoms with Gasteiger partial charge in [-0.15, -0.1) is 10.2 Å². The van der Waals surface area contributed by atoms with Crippen LogP contribution in [-0.2, 0) is 16.0 Å². The molecule has 3 rings (SSSR count). The molecule has 1 aromatic heterocycles. The lowest BCUT2D eigenvalue weighted by Crippen LogP contribution is -2.42. The minimum atomic E-state index is -0.604. The molecule has 6 nitrogen and oxygen atoms in total. The number of rotatable bonds is 8. The second-order valence-corrected chi connectivity index (χ2v) is 6.99. The Balaban J connectivity index is 1.56. The van der Waals surface area contributed by atoms with E-state index in [9.17, 15) is 14.0 Å². The van der Waals surface area contributed by atoms with Crippen LogP contribution in [0.4, 0.5) is 4.39 Å². The third-order valence-corrected chi connectivity index (χ3v) is 4.76. The Morgan fingerprint density at radius 3 is 2.54 bits per heavy atom. The van der Waals surface area contributed by atoms with Gasteiger partial charge in [0.15, 0.2) is 5.78 Å². The number of nitrogens with zero attached hydrogens (tertiary/aromatic N) is 2. The number of aromatic nitrogens is 2. The van der Waals surface area contributed by atoms with Crippen LogP contribution in [0.2, 0.25) is 0 Å². The third-order valence-electron chi connectivity index (χ3n) is 3.95. The molecule has 0 bridgehead atoms. The van der Waals surface area contributed by atoms with Gasteiger partial charge in [0.1, 0.15) is 5.82 Å². The van der Waals surface area contributed by atoms with Crippen molar-refractivity contribution in [3.05, 3.63) is 66.0 Å². The fourth-order valence-electron chi connectivity index (χ4n) is 2.52. The van der Waals surface area contributed by atoms with Gasteiger partial charge in [0.25, 0.3) is 11.1 Å². The zero-order valence-corrected chi connectivity index (χ0v) is 15.9. The maximum atomic E-state index is 13.8. The highest BCUT2D eigenvalue weighted by Gasteiger charge is 2.19. The van der Waals surface area contributed by atoms with Crippen LogP contribution in [0.1, 0.15) is 12.5 Å². The minimum absolute atomic E-state index is 0.00251. The number of hydrogen-bond donors (Lipinski definition) is 1. The monoisotopic (exact) mass is 399 g/mol. The van der Waals surface area contributed by atoms with Crippen molar-refractivity contribution < 1.29 is 18.4 Å². The Bertz CT molecular complexity index is 962. The molecule has 2 aromatic carbocycles. The lowest BCUT2D eigenvalue weighted by atomic mass is 10.0. The van der Waals surface area contributed by atoms with E-state index in [-0.39, 0.29) is 34.1 Å². The van der Waals surface area contributed by atoms with Crippen LogP contribution in [0.15, 0.2) is 64.2 Å². The third kappa shape index (κ3) is 5.26. The quantitative estimate of drug-likeness (QED) is 0.585. The standard InChI is InChI=1S/C20H18FN3O3S/c1-13(25)17(11-14-7-3-2-4-8-14)22-18(26)12-28-20-24-23-19(27-20)15-9-5-6-10-16(15)21/h2-10,17H,11-12H2,1H3,(H,22,26)/t17-/m0/s1. The number of carbonyl (C=O) groups is 2. The lowest BCUT2D eigenvalue weighted by molar-refractivity contribution is -0.125. The summed E-state index contributed by atoms with van der Waals surface area (Å²) in [4.78, 5) is 24.1. The van der Waals surface area contributed by atoms with Crippen molar-refractivity contribution in [1.82, 2.24) is 15.5 Å². The fraction of sp³-hybridized carbons (Fsp3) is 0.200. The molecule has 0 aliphatic carbocycles. The molecule has 144 valence electrons. The van der Waals surface area contributed by atoms with Crippen LogP contribution in [0, 0.1) is 5.82 Å². The van der Waals surface area contributed by atoms with Gasteiger partial charge in [-0.05, 0) is 31.0 Å². The smallest absolute Gasteiger partial charge is 0.277 e. The van der Waals surface area contributed by atoms with Crippen molar-refractivity contribution in [2.45, 2.75) is 24.6 Å². The summed E-state index contributed by atoms with van der Waals surface area (Å²) in [6, 6.07) is 14.9. The molecule has 0 saturated carbocycles.